The number of hydrogen-bond donors (Lipinski definition) is 1. The molecule has 2 aromatic rings. The number of anilines is 1. The lowest BCUT2D eigenvalue weighted by Crippen LogP contribution is -2.23. The van der Waals surface area contributed by atoms with Crippen molar-refractivity contribution in [3.63, 3.8) is 0 Å². The zero-order valence-electron chi connectivity index (χ0n) is 10.7. The Morgan fingerprint density at radius 3 is 2.63 bits per heavy atom. The predicted octanol–water partition coefficient (Wildman–Crippen LogP) is 3.97. The number of benzene rings is 1. The Kier molecular flexibility index (Phi) is 3.45. The molecule has 1 aliphatic rings. The molecule has 1 heterocycles. The van der Waals surface area contributed by atoms with Gasteiger partial charge in [0, 0.05) is 18.2 Å². The van der Waals surface area contributed by atoms with Crippen LogP contribution in [0.3, 0.4) is 0 Å². The zero-order chi connectivity index (χ0) is 13.1. The van der Waals surface area contributed by atoms with Crippen LogP contribution in [0, 0.1) is 5.82 Å². The Balaban J connectivity index is 1.76. The van der Waals surface area contributed by atoms with E-state index in [1.54, 1.807) is 18.3 Å². The average Bonchev–Trinajstić information content (AvgIpc) is 2.89. The summed E-state index contributed by atoms with van der Waals surface area (Å²) in [6.07, 6.45) is 5.28. The van der Waals surface area contributed by atoms with E-state index in [9.17, 15) is 4.39 Å². The monoisotopic (exact) mass is 256 g/mol. The van der Waals surface area contributed by atoms with Crippen LogP contribution in [-0.2, 0) is 0 Å². The molecule has 1 fully saturated rings. The maximum absolute atomic E-state index is 13.0. The lowest BCUT2D eigenvalue weighted by atomic mass is 9.94. The van der Waals surface area contributed by atoms with E-state index < -0.39 is 0 Å². The van der Waals surface area contributed by atoms with Crippen LogP contribution in [-0.4, -0.2) is 11.0 Å². The summed E-state index contributed by atoms with van der Waals surface area (Å²) in [5, 5.41) is 3.50. The number of halogens is 1. The van der Waals surface area contributed by atoms with Crippen LogP contribution in [0.1, 0.15) is 30.7 Å². The van der Waals surface area contributed by atoms with Crippen molar-refractivity contribution in [3.05, 3.63) is 60.0 Å². The van der Waals surface area contributed by atoms with Crippen molar-refractivity contribution in [1.29, 1.82) is 0 Å². The normalized spacial score (nSPS) is 22.4. The lowest BCUT2D eigenvalue weighted by molar-refractivity contribution is 0.618. The molecule has 1 aliphatic carbocycles. The molecule has 3 rings (SSSR count). The van der Waals surface area contributed by atoms with Crippen molar-refractivity contribution in [2.45, 2.75) is 31.2 Å². The Morgan fingerprint density at radius 2 is 1.89 bits per heavy atom. The van der Waals surface area contributed by atoms with E-state index in [2.05, 4.69) is 10.3 Å². The molecule has 2 nitrogen and oxygen atoms in total. The van der Waals surface area contributed by atoms with Crippen molar-refractivity contribution in [3.8, 4) is 0 Å². The maximum atomic E-state index is 13.0. The summed E-state index contributed by atoms with van der Waals surface area (Å²) in [5.74, 6) is 1.19. The molecular weight excluding hydrogens is 239 g/mol. The molecule has 0 amide bonds. The van der Waals surface area contributed by atoms with Gasteiger partial charge in [-0.25, -0.2) is 9.37 Å². The van der Waals surface area contributed by atoms with Gasteiger partial charge in [0.05, 0.1) is 0 Å². The van der Waals surface area contributed by atoms with Crippen molar-refractivity contribution in [1.82, 2.24) is 4.98 Å². The molecule has 1 saturated carbocycles. The first-order chi connectivity index (χ1) is 9.33. The second kappa shape index (κ2) is 5.39. The largest absolute Gasteiger partial charge is 0.367 e. The van der Waals surface area contributed by atoms with Crippen LogP contribution in [0.15, 0.2) is 48.7 Å². The van der Waals surface area contributed by atoms with E-state index in [1.807, 2.05) is 30.3 Å². The fraction of sp³-hybridized carbons (Fsp3) is 0.312. The van der Waals surface area contributed by atoms with Crippen LogP contribution >= 0.6 is 0 Å². The SMILES string of the molecule is Fc1ccc(C2CCCC2Nc2ccccn2)cc1. The van der Waals surface area contributed by atoms with Crippen molar-refractivity contribution in [2.24, 2.45) is 0 Å². The standard InChI is InChI=1S/C16H17FN2/c17-13-9-7-12(8-10-13)14-4-3-5-15(14)19-16-6-1-2-11-18-16/h1-2,6-11,14-15H,3-5H2,(H,18,19). The molecule has 1 aromatic carbocycles. The molecule has 1 N–H and O–H groups in total. The van der Waals surface area contributed by atoms with Gasteiger partial charge in [-0.05, 0) is 42.7 Å². The number of nitrogens with zero attached hydrogens (tertiary/aromatic N) is 1. The minimum absolute atomic E-state index is 0.170. The molecule has 1 aromatic heterocycles. The first-order valence-corrected chi connectivity index (χ1v) is 6.76. The second-order valence-electron chi connectivity index (χ2n) is 5.05. The van der Waals surface area contributed by atoms with E-state index in [1.165, 1.54) is 12.0 Å². The lowest BCUT2D eigenvalue weighted by Gasteiger charge is -2.22. The molecule has 0 spiro atoms. The van der Waals surface area contributed by atoms with Crippen molar-refractivity contribution >= 4 is 5.82 Å². The van der Waals surface area contributed by atoms with Gasteiger partial charge in [0.1, 0.15) is 11.6 Å². The van der Waals surface area contributed by atoms with Crippen LogP contribution in [0.5, 0.6) is 0 Å². The molecule has 3 heteroatoms. The smallest absolute Gasteiger partial charge is 0.126 e. The third kappa shape index (κ3) is 2.75. The number of pyridine rings is 1. The number of hydrogen-bond acceptors (Lipinski definition) is 2. The van der Waals surface area contributed by atoms with Crippen LogP contribution in [0.4, 0.5) is 10.2 Å². The van der Waals surface area contributed by atoms with Gasteiger partial charge in [-0.2, -0.15) is 0 Å². The second-order valence-corrected chi connectivity index (χ2v) is 5.05. The molecule has 0 bridgehead atoms. The summed E-state index contributed by atoms with van der Waals surface area (Å²) in [7, 11) is 0. The molecule has 0 aliphatic heterocycles. The maximum Gasteiger partial charge on any atom is 0.126 e. The van der Waals surface area contributed by atoms with E-state index in [4.69, 9.17) is 0 Å². The van der Waals surface area contributed by atoms with E-state index in [0.29, 0.717) is 12.0 Å². The van der Waals surface area contributed by atoms with Crippen molar-refractivity contribution in [2.75, 3.05) is 5.32 Å². The summed E-state index contributed by atoms with van der Waals surface area (Å²) >= 11 is 0. The summed E-state index contributed by atoms with van der Waals surface area (Å²) in [4.78, 5) is 4.31. The molecular formula is C16H17FN2. The molecule has 0 radical (unpaired) electrons. The third-order valence-electron chi connectivity index (χ3n) is 3.81. The Hall–Kier alpha value is -1.90. The van der Waals surface area contributed by atoms with Gasteiger partial charge in [-0.1, -0.05) is 24.6 Å². The van der Waals surface area contributed by atoms with Crippen LogP contribution < -0.4 is 5.32 Å². The predicted molar refractivity (Wildman–Crippen MR) is 74.6 cm³/mol. The van der Waals surface area contributed by atoms with Crippen molar-refractivity contribution < 1.29 is 4.39 Å². The first kappa shape index (κ1) is 12.2. The van der Waals surface area contributed by atoms with Gasteiger partial charge >= 0.3 is 0 Å². The van der Waals surface area contributed by atoms with Gasteiger partial charge in [0.15, 0.2) is 0 Å². The Labute approximate surface area is 112 Å². The van der Waals surface area contributed by atoms with Crippen LogP contribution in [0.2, 0.25) is 0 Å². The van der Waals surface area contributed by atoms with Gasteiger partial charge in [0.25, 0.3) is 0 Å². The summed E-state index contributed by atoms with van der Waals surface area (Å²) in [6.45, 7) is 0. The quantitative estimate of drug-likeness (QED) is 0.898. The molecule has 2 atom stereocenters. The summed E-state index contributed by atoms with van der Waals surface area (Å²) in [6, 6.07) is 13.2. The highest BCUT2D eigenvalue weighted by Gasteiger charge is 2.28. The van der Waals surface area contributed by atoms with Gasteiger partial charge in [-0.3, -0.25) is 0 Å². The highest BCUT2D eigenvalue weighted by atomic mass is 19.1. The minimum Gasteiger partial charge on any atom is -0.367 e. The highest BCUT2D eigenvalue weighted by molar-refractivity contribution is 5.37. The van der Waals surface area contributed by atoms with E-state index in [-0.39, 0.29) is 5.82 Å². The first-order valence-electron chi connectivity index (χ1n) is 6.76. The average molecular weight is 256 g/mol. The number of rotatable bonds is 3. The molecule has 19 heavy (non-hydrogen) atoms. The van der Waals surface area contributed by atoms with Gasteiger partial charge in [0.2, 0.25) is 0 Å². The molecule has 2 unspecified atom stereocenters. The molecule has 98 valence electrons. The summed E-state index contributed by atoms with van der Waals surface area (Å²) < 4.78 is 13.0. The van der Waals surface area contributed by atoms with Gasteiger partial charge in [-0.15, -0.1) is 0 Å². The Bertz CT molecular complexity index is 524. The van der Waals surface area contributed by atoms with E-state index in [0.717, 1.165) is 18.7 Å². The zero-order valence-corrected chi connectivity index (χ0v) is 10.7. The topological polar surface area (TPSA) is 24.9 Å². The number of aromatic nitrogens is 1. The highest BCUT2D eigenvalue weighted by Crippen LogP contribution is 2.36. The third-order valence-corrected chi connectivity index (χ3v) is 3.81. The van der Waals surface area contributed by atoms with Gasteiger partial charge < -0.3 is 5.32 Å². The Morgan fingerprint density at radius 1 is 1.05 bits per heavy atom. The molecule has 0 saturated heterocycles. The fourth-order valence-electron chi connectivity index (χ4n) is 2.88. The number of nitrogens with one attached hydrogen (secondary N) is 1. The minimum atomic E-state index is -0.170. The van der Waals surface area contributed by atoms with Crippen LogP contribution in [0.25, 0.3) is 0 Å². The van der Waals surface area contributed by atoms with E-state index >= 15 is 0 Å². The fourth-order valence-corrected chi connectivity index (χ4v) is 2.88. The summed E-state index contributed by atoms with van der Waals surface area (Å²) in [5.41, 5.74) is 1.22.